The minimum absolute atomic E-state index is 0.444. The highest BCUT2D eigenvalue weighted by Crippen LogP contribution is 2.33. The van der Waals surface area contributed by atoms with E-state index in [0.717, 1.165) is 28.9 Å². The number of methoxy groups -OCH3 is 2. The van der Waals surface area contributed by atoms with Crippen LogP contribution in [-0.2, 0) is 6.42 Å². The average Bonchev–Trinajstić information content (AvgIpc) is 2.55. The van der Waals surface area contributed by atoms with Crippen LogP contribution in [0.3, 0.4) is 0 Å². The molecule has 0 fully saturated rings. The molecule has 2 N–H and O–H groups in total. The molecule has 0 atom stereocenters. The van der Waals surface area contributed by atoms with Gasteiger partial charge in [-0.3, -0.25) is 4.79 Å². The molecule has 0 unspecified atom stereocenters. The van der Waals surface area contributed by atoms with Gasteiger partial charge in [-0.25, -0.2) is 0 Å². The Kier molecular flexibility index (Phi) is 7.79. The Hall–Kier alpha value is -2.01. The number of halogens is 1. The van der Waals surface area contributed by atoms with Gasteiger partial charge in [0.2, 0.25) is 5.91 Å². The molecule has 0 heterocycles. The van der Waals surface area contributed by atoms with Crippen molar-refractivity contribution >= 4 is 21.8 Å². The van der Waals surface area contributed by atoms with E-state index in [0.29, 0.717) is 15.8 Å². The van der Waals surface area contributed by atoms with Gasteiger partial charge in [0.1, 0.15) is 0 Å². The van der Waals surface area contributed by atoms with E-state index in [2.05, 4.69) is 22.0 Å². The van der Waals surface area contributed by atoms with E-state index in [1.165, 1.54) is 0 Å². The molecule has 2 aromatic rings. The normalized spacial score (nSPS) is 9.75. The van der Waals surface area contributed by atoms with Crippen LogP contribution in [0.1, 0.15) is 40.9 Å². The molecule has 0 saturated heterocycles. The standard InChI is InChI=1S/C17H18BrNO3.C2H6/c1-10-6-12(9-15(21-2)16(10)22-3)7-11-4-5-13(17(19)20)14(18)8-11;1-2/h4-6,8-9H,7H2,1-3H3,(H2,19,20);1-2H3. The quantitative estimate of drug-likeness (QED) is 0.813. The van der Waals surface area contributed by atoms with Crippen LogP contribution < -0.4 is 15.2 Å². The number of ether oxygens (including phenoxy) is 2. The summed E-state index contributed by atoms with van der Waals surface area (Å²) < 4.78 is 11.4. The average molecular weight is 394 g/mol. The molecule has 0 bridgehead atoms. The molecule has 5 heteroatoms. The van der Waals surface area contributed by atoms with Crippen molar-refractivity contribution in [2.75, 3.05) is 14.2 Å². The van der Waals surface area contributed by atoms with Gasteiger partial charge in [-0.1, -0.05) is 26.0 Å². The van der Waals surface area contributed by atoms with Crippen molar-refractivity contribution in [1.29, 1.82) is 0 Å². The van der Waals surface area contributed by atoms with Gasteiger partial charge < -0.3 is 15.2 Å². The first-order valence-corrected chi connectivity index (χ1v) is 8.55. The first-order chi connectivity index (χ1) is 11.5. The molecule has 130 valence electrons. The molecular weight excluding hydrogens is 370 g/mol. The third kappa shape index (κ3) is 4.74. The van der Waals surface area contributed by atoms with E-state index >= 15 is 0 Å². The van der Waals surface area contributed by atoms with E-state index in [4.69, 9.17) is 15.2 Å². The van der Waals surface area contributed by atoms with E-state index in [1.54, 1.807) is 20.3 Å². The molecule has 1 amide bonds. The Morgan fingerprint density at radius 1 is 1.08 bits per heavy atom. The fraction of sp³-hybridized carbons (Fsp3) is 0.316. The van der Waals surface area contributed by atoms with Gasteiger partial charge in [0, 0.05) is 4.47 Å². The van der Waals surface area contributed by atoms with Crippen molar-refractivity contribution in [1.82, 2.24) is 0 Å². The molecule has 4 nitrogen and oxygen atoms in total. The highest BCUT2D eigenvalue weighted by Gasteiger charge is 2.11. The maximum atomic E-state index is 11.3. The third-order valence-electron chi connectivity index (χ3n) is 3.43. The first kappa shape index (κ1) is 20.0. The Morgan fingerprint density at radius 3 is 2.25 bits per heavy atom. The number of aryl methyl sites for hydroxylation is 1. The lowest BCUT2D eigenvalue weighted by Crippen LogP contribution is -2.11. The maximum absolute atomic E-state index is 11.3. The molecular formula is C19H24BrNO3. The van der Waals surface area contributed by atoms with Crippen molar-refractivity contribution in [3.05, 3.63) is 57.1 Å². The molecule has 24 heavy (non-hydrogen) atoms. The number of rotatable bonds is 5. The van der Waals surface area contributed by atoms with Crippen LogP contribution >= 0.6 is 15.9 Å². The molecule has 0 aromatic heterocycles. The Labute approximate surface area is 152 Å². The van der Waals surface area contributed by atoms with Gasteiger partial charge in [-0.05, 0) is 64.2 Å². The summed E-state index contributed by atoms with van der Waals surface area (Å²) in [6.45, 7) is 5.98. The van der Waals surface area contributed by atoms with E-state index < -0.39 is 5.91 Å². The van der Waals surface area contributed by atoms with Crippen molar-refractivity contribution in [2.24, 2.45) is 5.73 Å². The zero-order valence-corrected chi connectivity index (χ0v) is 16.4. The van der Waals surface area contributed by atoms with Gasteiger partial charge in [0.05, 0.1) is 19.8 Å². The number of carbonyl (C=O) groups excluding carboxylic acids is 1. The molecule has 0 spiro atoms. The van der Waals surface area contributed by atoms with Crippen LogP contribution in [-0.4, -0.2) is 20.1 Å². The lowest BCUT2D eigenvalue weighted by molar-refractivity contribution is 0.0999. The number of amides is 1. The fourth-order valence-electron chi connectivity index (χ4n) is 2.43. The van der Waals surface area contributed by atoms with Gasteiger partial charge >= 0.3 is 0 Å². The Morgan fingerprint density at radius 2 is 1.75 bits per heavy atom. The lowest BCUT2D eigenvalue weighted by atomic mass is 10.0. The van der Waals surface area contributed by atoms with Crippen molar-refractivity contribution < 1.29 is 14.3 Å². The van der Waals surface area contributed by atoms with Crippen LogP contribution in [0.15, 0.2) is 34.8 Å². The summed E-state index contributed by atoms with van der Waals surface area (Å²) in [5, 5.41) is 0. The van der Waals surface area contributed by atoms with Gasteiger partial charge in [-0.2, -0.15) is 0 Å². The number of benzene rings is 2. The molecule has 0 radical (unpaired) electrons. The summed E-state index contributed by atoms with van der Waals surface area (Å²) in [4.78, 5) is 11.3. The lowest BCUT2D eigenvalue weighted by Gasteiger charge is -2.13. The summed E-state index contributed by atoms with van der Waals surface area (Å²) in [7, 11) is 3.25. The minimum Gasteiger partial charge on any atom is -0.493 e. The highest BCUT2D eigenvalue weighted by molar-refractivity contribution is 9.10. The van der Waals surface area contributed by atoms with Crippen LogP contribution in [0.4, 0.5) is 0 Å². The summed E-state index contributed by atoms with van der Waals surface area (Å²) in [5.41, 5.74) is 8.98. The van der Waals surface area contributed by atoms with Crippen LogP contribution in [0.25, 0.3) is 0 Å². The summed E-state index contributed by atoms with van der Waals surface area (Å²) in [5.74, 6) is 1.02. The van der Waals surface area contributed by atoms with Crippen LogP contribution in [0.5, 0.6) is 11.5 Å². The maximum Gasteiger partial charge on any atom is 0.249 e. The van der Waals surface area contributed by atoms with E-state index in [1.807, 2.05) is 39.0 Å². The molecule has 2 aromatic carbocycles. The number of primary amides is 1. The van der Waals surface area contributed by atoms with Crippen LogP contribution in [0, 0.1) is 6.92 Å². The predicted molar refractivity (Wildman–Crippen MR) is 101 cm³/mol. The SMILES string of the molecule is CC.COc1cc(Cc2ccc(C(N)=O)c(Br)c2)cc(C)c1OC. The molecule has 2 rings (SSSR count). The smallest absolute Gasteiger partial charge is 0.249 e. The number of hydrogen-bond acceptors (Lipinski definition) is 3. The largest absolute Gasteiger partial charge is 0.493 e. The summed E-state index contributed by atoms with van der Waals surface area (Å²) in [6.07, 6.45) is 0.721. The Bertz CT molecular complexity index is 714. The zero-order chi connectivity index (χ0) is 18.3. The van der Waals surface area contributed by atoms with Gasteiger partial charge in [-0.15, -0.1) is 0 Å². The summed E-state index contributed by atoms with van der Waals surface area (Å²) in [6, 6.07) is 9.57. The predicted octanol–water partition coefficient (Wildman–Crippen LogP) is 4.49. The van der Waals surface area contributed by atoms with Crippen LogP contribution in [0.2, 0.25) is 0 Å². The van der Waals surface area contributed by atoms with Crippen molar-refractivity contribution in [2.45, 2.75) is 27.2 Å². The van der Waals surface area contributed by atoms with E-state index in [9.17, 15) is 4.79 Å². The van der Waals surface area contributed by atoms with Crippen molar-refractivity contribution in [3.63, 3.8) is 0 Å². The molecule has 0 saturated carbocycles. The highest BCUT2D eigenvalue weighted by atomic mass is 79.9. The van der Waals surface area contributed by atoms with Crippen molar-refractivity contribution in [3.8, 4) is 11.5 Å². The van der Waals surface area contributed by atoms with Gasteiger partial charge in [0.15, 0.2) is 11.5 Å². The second kappa shape index (κ2) is 9.33. The number of nitrogens with two attached hydrogens (primary N) is 1. The monoisotopic (exact) mass is 393 g/mol. The minimum atomic E-state index is -0.444. The molecule has 0 aliphatic carbocycles. The summed E-state index contributed by atoms with van der Waals surface area (Å²) >= 11 is 3.38. The number of carbonyl (C=O) groups is 1. The second-order valence-corrected chi connectivity index (χ2v) is 5.86. The van der Waals surface area contributed by atoms with E-state index in [-0.39, 0.29) is 0 Å². The first-order valence-electron chi connectivity index (χ1n) is 7.76. The van der Waals surface area contributed by atoms with Gasteiger partial charge in [0.25, 0.3) is 0 Å². The Balaban J connectivity index is 0.00000139. The topological polar surface area (TPSA) is 61.5 Å². The molecule has 0 aliphatic heterocycles. The fourth-order valence-corrected chi connectivity index (χ4v) is 3.05. The number of hydrogen-bond donors (Lipinski definition) is 1. The zero-order valence-electron chi connectivity index (χ0n) is 14.8. The third-order valence-corrected chi connectivity index (χ3v) is 4.09. The second-order valence-electron chi connectivity index (χ2n) is 5.00. The molecule has 0 aliphatic rings.